The van der Waals surface area contributed by atoms with Gasteiger partial charge in [-0.3, -0.25) is 4.79 Å². The number of rotatable bonds is 8. The predicted molar refractivity (Wildman–Crippen MR) is 126 cm³/mol. The molecule has 1 heterocycles. The topological polar surface area (TPSA) is 63.6 Å². The van der Waals surface area contributed by atoms with Crippen molar-refractivity contribution in [1.82, 2.24) is 9.47 Å². The van der Waals surface area contributed by atoms with Crippen molar-refractivity contribution in [2.24, 2.45) is 0 Å². The first-order valence-corrected chi connectivity index (χ1v) is 10.9. The third-order valence-electron chi connectivity index (χ3n) is 5.44. The Morgan fingerprint density at radius 3 is 2.66 bits per heavy atom. The van der Waals surface area contributed by atoms with E-state index in [2.05, 4.69) is 5.32 Å². The fourth-order valence-electron chi connectivity index (χ4n) is 3.52. The Bertz CT molecular complexity index is 1160. The zero-order valence-electron chi connectivity index (χ0n) is 18.4. The van der Waals surface area contributed by atoms with Gasteiger partial charge in [0, 0.05) is 44.1 Å². The van der Waals surface area contributed by atoms with E-state index in [0.717, 1.165) is 10.9 Å². The van der Waals surface area contributed by atoms with Crippen LogP contribution in [0.2, 0.25) is 5.02 Å². The van der Waals surface area contributed by atoms with E-state index in [1.54, 1.807) is 17.7 Å². The Morgan fingerprint density at radius 2 is 1.97 bits per heavy atom. The highest BCUT2D eigenvalue weighted by Gasteiger charge is 2.21. The van der Waals surface area contributed by atoms with Crippen LogP contribution in [-0.4, -0.2) is 35.8 Å². The second-order valence-electron chi connectivity index (χ2n) is 7.52. The van der Waals surface area contributed by atoms with E-state index in [-0.39, 0.29) is 22.7 Å². The molecular weight excluding hydrogens is 433 g/mol. The minimum Gasteiger partial charge on any atom is -0.382 e. The normalized spacial score (nSPS) is 12.0. The first kappa shape index (κ1) is 23.8. The van der Waals surface area contributed by atoms with Crippen molar-refractivity contribution in [3.8, 4) is 0 Å². The number of carbonyl (C=O) groups is 1. The van der Waals surface area contributed by atoms with Crippen LogP contribution in [-0.2, 0) is 11.3 Å². The van der Waals surface area contributed by atoms with E-state index in [1.807, 2.05) is 38.2 Å². The molecule has 2 amide bonds. The molecule has 0 saturated carbocycles. The molecule has 1 N–H and O–H groups in total. The van der Waals surface area contributed by atoms with Crippen LogP contribution in [0.5, 0.6) is 0 Å². The Morgan fingerprint density at radius 1 is 1.25 bits per heavy atom. The third kappa shape index (κ3) is 5.29. The van der Waals surface area contributed by atoms with Gasteiger partial charge in [0.25, 0.3) is 5.56 Å². The standard InChI is InChI=1S/C24H27ClFN3O3/c1-4-32-13-7-12-29-15-20(18-8-5-6-9-19(18)23(29)30)16(2)28(3)24(31)27-17-10-11-22(26)21(25)14-17/h5-6,8-11,14-16H,4,7,12-13H2,1-3H3,(H,27,31)/t16-/m0/s1. The van der Waals surface area contributed by atoms with E-state index in [9.17, 15) is 14.0 Å². The Labute approximate surface area is 191 Å². The number of nitrogens with one attached hydrogen (secondary N) is 1. The lowest BCUT2D eigenvalue weighted by Crippen LogP contribution is -2.34. The number of urea groups is 1. The van der Waals surface area contributed by atoms with Gasteiger partial charge in [-0.15, -0.1) is 0 Å². The highest BCUT2D eigenvalue weighted by molar-refractivity contribution is 6.31. The van der Waals surface area contributed by atoms with Gasteiger partial charge < -0.3 is 19.5 Å². The van der Waals surface area contributed by atoms with E-state index in [1.165, 1.54) is 23.1 Å². The van der Waals surface area contributed by atoms with Crippen molar-refractivity contribution in [1.29, 1.82) is 0 Å². The van der Waals surface area contributed by atoms with Crippen LogP contribution in [0.15, 0.2) is 53.5 Å². The van der Waals surface area contributed by atoms with Crippen molar-refractivity contribution in [3.05, 3.63) is 75.4 Å². The molecule has 3 rings (SSSR count). The van der Waals surface area contributed by atoms with Gasteiger partial charge in [0.05, 0.1) is 11.1 Å². The van der Waals surface area contributed by atoms with Gasteiger partial charge in [0.1, 0.15) is 5.82 Å². The van der Waals surface area contributed by atoms with Gasteiger partial charge in [0.15, 0.2) is 0 Å². The SMILES string of the molecule is CCOCCCn1cc([C@H](C)N(C)C(=O)Nc2ccc(F)c(Cl)c2)c2ccccc2c1=O. The van der Waals surface area contributed by atoms with Crippen molar-refractivity contribution < 1.29 is 13.9 Å². The van der Waals surface area contributed by atoms with Gasteiger partial charge in [0.2, 0.25) is 0 Å². The van der Waals surface area contributed by atoms with Gasteiger partial charge in [-0.05, 0) is 55.5 Å². The summed E-state index contributed by atoms with van der Waals surface area (Å²) in [6, 6.07) is 10.7. The molecule has 0 fully saturated rings. The molecule has 1 atom stereocenters. The molecule has 0 spiro atoms. The summed E-state index contributed by atoms with van der Waals surface area (Å²) in [5.41, 5.74) is 1.18. The molecule has 0 aliphatic rings. The first-order valence-electron chi connectivity index (χ1n) is 10.5. The second kappa shape index (κ2) is 10.6. The molecule has 0 radical (unpaired) electrons. The number of aromatic nitrogens is 1. The number of hydrogen-bond donors (Lipinski definition) is 1. The number of amides is 2. The molecule has 2 aromatic carbocycles. The number of nitrogens with zero attached hydrogens (tertiary/aromatic N) is 2. The molecule has 1 aromatic heterocycles. The largest absolute Gasteiger partial charge is 0.382 e. The minimum absolute atomic E-state index is 0.0661. The smallest absolute Gasteiger partial charge is 0.322 e. The number of pyridine rings is 1. The number of carbonyl (C=O) groups excluding carboxylic acids is 1. The van der Waals surface area contributed by atoms with E-state index in [0.29, 0.717) is 37.3 Å². The van der Waals surface area contributed by atoms with E-state index < -0.39 is 5.82 Å². The first-order chi connectivity index (χ1) is 15.3. The van der Waals surface area contributed by atoms with Crippen molar-refractivity contribution >= 4 is 34.1 Å². The number of fused-ring (bicyclic) bond motifs is 1. The number of halogens is 2. The van der Waals surface area contributed by atoms with Crippen LogP contribution < -0.4 is 10.9 Å². The monoisotopic (exact) mass is 459 g/mol. The number of anilines is 1. The summed E-state index contributed by atoms with van der Waals surface area (Å²) >= 11 is 5.81. The molecule has 3 aromatic rings. The van der Waals surface area contributed by atoms with E-state index >= 15 is 0 Å². The fourth-order valence-corrected chi connectivity index (χ4v) is 3.70. The molecule has 170 valence electrons. The molecule has 8 heteroatoms. The zero-order valence-corrected chi connectivity index (χ0v) is 19.2. The van der Waals surface area contributed by atoms with Gasteiger partial charge in [-0.25, -0.2) is 9.18 Å². The van der Waals surface area contributed by atoms with Gasteiger partial charge >= 0.3 is 6.03 Å². The minimum atomic E-state index is -0.551. The molecule has 0 saturated heterocycles. The van der Waals surface area contributed by atoms with E-state index in [4.69, 9.17) is 16.3 Å². The van der Waals surface area contributed by atoms with Crippen LogP contribution in [0.25, 0.3) is 10.8 Å². The molecule has 0 bridgehead atoms. The van der Waals surface area contributed by atoms with Crippen molar-refractivity contribution in [3.63, 3.8) is 0 Å². The maximum atomic E-state index is 13.4. The molecule has 0 unspecified atom stereocenters. The quantitative estimate of drug-likeness (QED) is 0.456. The average molecular weight is 460 g/mol. The summed E-state index contributed by atoms with van der Waals surface area (Å²) in [6.07, 6.45) is 2.53. The summed E-state index contributed by atoms with van der Waals surface area (Å²) in [5, 5.41) is 4.07. The van der Waals surface area contributed by atoms with Crippen LogP contribution in [0.3, 0.4) is 0 Å². The Hall–Kier alpha value is -2.90. The number of ether oxygens (including phenoxy) is 1. The average Bonchev–Trinajstić information content (AvgIpc) is 2.79. The van der Waals surface area contributed by atoms with Crippen molar-refractivity contribution in [2.75, 3.05) is 25.6 Å². The Balaban J connectivity index is 1.88. The van der Waals surface area contributed by atoms with Crippen LogP contribution in [0.4, 0.5) is 14.9 Å². The highest BCUT2D eigenvalue weighted by Crippen LogP contribution is 2.27. The summed E-state index contributed by atoms with van der Waals surface area (Å²) in [4.78, 5) is 27.3. The lowest BCUT2D eigenvalue weighted by molar-refractivity contribution is 0.141. The fraction of sp³-hybridized carbons (Fsp3) is 0.333. The van der Waals surface area contributed by atoms with Crippen LogP contribution in [0.1, 0.15) is 31.9 Å². The van der Waals surface area contributed by atoms with Crippen molar-refractivity contribution in [2.45, 2.75) is 32.9 Å². The molecule has 32 heavy (non-hydrogen) atoms. The highest BCUT2D eigenvalue weighted by atomic mass is 35.5. The summed E-state index contributed by atoms with van der Waals surface area (Å²) < 4.78 is 20.5. The second-order valence-corrected chi connectivity index (χ2v) is 7.93. The molecule has 6 nitrogen and oxygen atoms in total. The number of aryl methyl sites for hydroxylation is 1. The van der Waals surface area contributed by atoms with Crippen LogP contribution in [0, 0.1) is 5.82 Å². The molecular formula is C24H27ClFN3O3. The number of hydrogen-bond acceptors (Lipinski definition) is 3. The maximum Gasteiger partial charge on any atom is 0.322 e. The summed E-state index contributed by atoms with van der Waals surface area (Å²) in [5.74, 6) is -0.551. The molecule has 0 aliphatic heterocycles. The predicted octanol–water partition coefficient (Wildman–Crippen LogP) is 5.45. The lowest BCUT2D eigenvalue weighted by atomic mass is 10.0. The van der Waals surface area contributed by atoms with Gasteiger partial charge in [-0.1, -0.05) is 29.8 Å². The number of benzene rings is 2. The molecule has 0 aliphatic carbocycles. The van der Waals surface area contributed by atoms with Gasteiger partial charge in [-0.2, -0.15) is 0 Å². The maximum absolute atomic E-state index is 13.4. The lowest BCUT2D eigenvalue weighted by Gasteiger charge is -2.27. The van der Waals surface area contributed by atoms with Crippen LogP contribution >= 0.6 is 11.6 Å². The summed E-state index contributed by atoms with van der Waals surface area (Å²) in [7, 11) is 1.67. The summed E-state index contributed by atoms with van der Waals surface area (Å²) in [6.45, 7) is 5.56. The zero-order chi connectivity index (χ0) is 23.3. The Kier molecular flexibility index (Phi) is 7.88. The third-order valence-corrected chi connectivity index (χ3v) is 5.73.